The van der Waals surface area contributed by atoms with Crippen LogP contribution in [0.5, 0.6) is 11.5 Å². The van der Waals surface area contributed by atoms with E-state index >= 15 is 0 Å². The molecule has 0 unspecified atom stereocenters. The van der Waals surface area contributed by atoms with Gasteiger partial charge in [0, 0.05) is 11.6 Å². The summed E-state index contributed by atoms with van der Waals surface area (Å²) in [5, 5.41) is 9.55. The summed E-state index contributed by atoms with van der Waals surface area (Å²) in [6, 6.07) is 2.85. The van der Waals surface area contributed by atoms with Crippen molar-refractivity contribution in [2.45, 2.75) is 0 Å². The van der Waals surface area contributed by atoms with Crippen molar-refractivity contribution in [3.05, 3.63) is 34.4 Å². The van der Waals surface area contributed by atoms with Gasteiger partial charge >= 0.3 is 0 Å². The van der Waals surface area contributed by atoms with Gasteiger partial charge in [-0.05, 0) is 12.1 Å². The number of phenolic OH excluding ortho intramolecular Hbond substituents is 1. The predicted octanol–water partition coefficient (Wildman–Crippen LogP) is 1.90. The maximum atomic E-state index is 11.7. The van der Waals surface area contributed by atoms with Crippen LogP contribution in [0.25, 0.3) is 0 Å². The predicted molar refractivity (Wildman–Crippen MR) is 57.3 cm³/mol. The SMILES string of the molecule is COc1ccc2c(c1O)C(=O)C(Cl)=CC2=O. The highest BCUT2D eigenvalue weighted by Gasteiger charge is 2.29. The Hall–Kier alpha value is -1.81. The molecule has 1 aliphatic carbocycles. The number of hydrogen-bond acceptors (Lipinski definition) is 4. The molecule has 0 atom stereocenters. The number of ether oxygens (including phenoxy) is 1. The minimum Gasteiger partial charge on any atom is -0.504 e. The third-order valence-electron chi connectivity index (χ3n) is 2.33. The first-order valence-corrected chi connectivity index (χ1v) is 4.80. The molecule has 0 aromatic heterocycles. The van der Waals surface area contributed by atoms with Crippen molar-refractivity contribution in [1.82, 2.24) is 0 Å². The van der Waals surface area contributed by atoms with Crippen molar-refractivity contribution in [1.29, 1.82) is 0 Å². The van der Waals surface area contributed by atoms with Crippen LogP contribution in [0.15, 0.2) is 23.2 Å². The summed E-state index contributed by atoms with van der Waals surface area (Å²) in [4.78, 5) is 23.2. The number of fused-ring (bicyclic) bond motifs is 1. The van der Waals surface area contributed by atoms with Gasteiger partial charge in [0.2, 0.25) is 5.78 Å². The number of aromatic hydroxyl groups is 1. The number of rotatable bonds is 1. The van der Waals surface area contributed by atoms with Crippen molar-refractivity contribution < 1.29 is 19.4 Å². The van der Waals surface area contributed by atoms with Crippen LogP contribution in [0.1, 0.15) is 20.7 Å². The number of carbonyl (C=O) groups is 2. The summed E-state index contributed by atoms with van der Waals surface area (Å²) in [5.74, 6) is -1.21. The average molecular weight is 239 g/mol. The smallest absolute Gasteiger partial charge is 0.209 e. The Morgan fingerprint density at radius 1 is 1.31 bits per heavy atom. The van der Waals surface area contributed by atoms with Crippen LogP contribution in [0.2, 0.25) is 0 Å². The standard InChI is InChI=1S/C11H7ClO4/c1-16-8-3-2-5-7(13)4-6(12)10(14)9(5)11(8)15/h2-4,15H,1H3. The highest BCUT2D eigenvalue weighted by atomic mass is 35.5. The zero-order valence-corrected chi connectivity index (χ0v) is 9.04. The van der Waals surface area contributed by atoms with E-state index in [1.54, 1.807) is 0 Å². The highest BCUT2D eigenvalue weighted by Crippen LogP contribution is 2.36. The second-order valence-electron chi connectivity index (χ2n) is 3.22. The summed E-state index contributed by atoms with van der Waals surface area (Å²) in [6.07, 6.45) is 1.04. The second kappa shape index (κ2) is 3.64. The largest absolute Gasteiger partial charge is 0.504 e. The summed E-state index contributed by atoms with van der Waals surface area (Å²) in [6.45, 7) is 0. The molecule has 16 heavy (non-hydrogen) atoms. The number of ketones is 2. The molecule has 0 radical (unpaired) electrons. The number of benzene rings is 1. The maximum absolute atomic E-state index is 11.7. The lowest BCUT2D eigenvalue weighted by atomic mass is 9.93. The maximum Gasteiger partial charge on any atom is 0.209 e. The minimum atomic E-state index is -0.576. The Labute approximate surface area is 96.1 Å². The third kappa shape index (κ3) is 1.39. The van der Waals surface area contributed by atoms with Crippen LogP contribution in [-0.2, 0) is 0 Å². The van der Waals surface area contributed by atoms with Crippen molar-refractivity contribution in [2.24, 2.45) is 0 Å². The molecule has 4 nitrogen and oxygen atoms in total. The third-order valence-corrected chi connectivity index (χ3v) is 2.61. The molecule has 0 spiro atoms. The van der Waals surface area contributed by atoms with E-state index in [4.69, 9.17) is 16.3 Å². The monoisotopic (exact) mass is 238 g/mol. The lowest BCUT2D eigenvalue weighted by Crippen LogP contribution is -2.15. The van der Waals surface area contributed by atoms with Crippen LogP contribution >= 0.6 is 11.6 Å². The fourth-order valence-corrected chi connectivity index (χ4v) is 1.74. The molecule has 1 aliphatic rings. The summed E-state index contributed by atoms with van der Waals surface area (Å²) < 4.78 is 4.85. The molecule has 1 aromatic carbocycles. The van der Waals surface area contributed by atoms with Gasteiger partial charge in [-0.25, -0.2) is 0 Å². The van der Waals surface area contributed by atoms with Crippen molar-refractivity contribution in [3.8, 4) is 11.5 Å². The van der Waals surface area contributed by atoms with E-state index in [2.05, 4.69) is 0 Å². The minimum absolute atomic E-state index is 0.100. The van der Waals surface area contributed by atoms with Crippen molar-refractivity contribution in [3.63, 3.8) is 0 Å². The van der Waals surface area contributed by atoms with E-state index in [0.29, 0.717) is 0 Å². The van der Waals surface area contributed by atoms with Gasteiger partial charge in [0.15, 0.2) is 17.3 Å². The van der Waals surface area contributed by atoms with Crippen LogP contribution < -0.4 is 4.74 Å². The molecule has 1 aromatic rings. The lowest BCUT2D eigenvalue weighted by molar-refractivity contribution is 0.0987. The first-order chi connectivity index (χ1) is 7.56. The molecule has 0 fully saturated rings. The van der Waals surface area contributed by atoms with Crippen LogP contribution in [0.4, 0.5) is 0 Å². The van der Waals surface area contributed by atoms with E-state index < -0.39 is 11.6 Å². The van der Waals surface area contributed by atoms with E-state index in [1.165, 1.54) is 19.2 Å². The first kappa shape index (κ1) is 10.7. The van der Waals surface area contributed by atoms with E-state index in [9.17, 15) is 14.7 Å². The van der Waals surface area contributed by atoms with Crippen LogP contribution in [0, 0.1) is 0 Å². The zero-order valence-electron chi connectivity index (χ0n) is 8.28. The molecule has 2 rings (SSSR count). The number of halogens is 1. The molecular formula is C11H7ClO4. The second-order valence-corrected chi connectivity index (χ2v) is 3.63. The Morgan fingerprint density at radius 2 is 2.00 bits per heavy atom. The van der Waals surface area contributed by atoms with Gasteiger partial charge in [-0.3, -0.25) is 9.59 Å². The first-order valence-electron chi connectivity index (χ1n) is 4.42. The summed E-state index contributed by atoms with van der Waals surface area (Å²) in [7, 11) is 1.36. The molecule has 82 valence electrons. The molecule has 0 amide bonds. The van der Waals surface area contributed by atoms with Gasteiger partial charge in [-0.2, -0.15) is 0 Å². The molecule has 1 N–H and O–H groups in total. The van der Waals surface area contributed by atoms with Crippen LogP contribution in [-0.4, -0.2) is 23.8 Å². The van der Waals surface area contributed by atoms with Gasteiger partial charge in [-0.1, -0.05) is 11.6 Å². The van der Waals surface area contributed by atoms with Gasteiger partial charge in [0.05, 0.1) is 17.7 Å². The molecule has 5 heteroatoms. The Kier molecular flexibility index (Phi) is 2.44. The Bertz CT molecular complexity index is 531. The van der Waals surface area contributed by atoms with Gasteiger partial charge in [-0.15, -0.1) is 0 Å². The number of allylic oxidation sites excluding steroid dienone is 2. The van der Waals surface area contributed by atoms with E-state index in [0.717, 1.165) is 6.08 Å². The number of Topliss-reactive ketones (excluding diaryl/α,β-unsaturated/α-hetero) is 1. The van der Waals surface area contributed by atoms with E-state index in [-0.39, 0.29) is 27.7 Å². The normalized spacial score (nSPS) is 14.5. The topological polar surface area (TPSA) is 63.6 Å². The zero-order chi connectivity index (χ0) is 11.9. The number of phenols is 1. The quantitative estimate of drug-likeness (QED) is 0.812. The molecule has 0 bridgehead atoms. The fourth-order valence-electron chi connectivity index (χ4n) is 1.55. The fraction of sp³-hybridized carbons (Fsp3) is 0.0909. The number of methoxy groups -OCH3 is 1. The van der Waals surface area contributed by atoms with Crippen LogP contribution in [0.3, 0.4) is 0 Å². The van der Waals surface area contributed by atoms with E-state index in [1.807, 2.05) is 0 Å². The summed E-state index contributed by atoms with van der Waals surface area (Å²) in [5.41, 5.74) is 0.0320. The molecule has 0 saturated heterocycles. The van der Waals surface area contributed by atoms with Gasteiger partial charge in [0.25, 0.3) is 0 Å². The molecule has 0 heterocycles. The highest BCUT2D eigenvalue weighted by molar-refractivity contribution is 6.49. The lowest BCUT2D eigenvalue weighted by Gasteiger charge is -2.14. The molecule has 0 aliphatic heterocycles. The number of carbonyl (C=O) groups excluding carboxylic acids is 2. The summed E-state index contributed by atoms with van der Waals surface area (Å²) >= 11 is 5.60. The van der Waals surface area contributed by atoms with Gasteiger partial charge in [0.1, 0.15) is 0 Å². The Morgan fingerprint density at radius 3 is 2.62 bits per heavy atom. The average Bonchev–Trinajstić information content (AvgIpc) is 2.26. The van der Waals surface area contributed by atoms with Crippen molar-refractivity contribution >= 4 is 23.2 Å². The number of hydrogen-bond donors (Lipinski definition) is 1. The molecule has 0 saturated carbocycles. The van der Waals surface area contributed by atoms with Crippen molar-refractivity contribution in [2.75, 3.05) is 7.11 Å². The Balaban J connectivity index is 2.74. The molecular weight excluding hydrogens is 232 g/mol. The van der Waals surface area contributed by atoms with Gasteiger partial charge < -0.3 is 9.84 Å².